The molecule has 3 aromatic carbocycles. The number of hydrogen-bond acceptors (Lipinski definition) is 5. The summed E-state index contributed by atoms with van der Waals surface area (Å²) in [6, 6.07) is 20.6. The zero-order valence-corrected chi connectivity index (χ0v) is 24.0. The summed E-state index contributed by atoms with van der Waals surface area (Å²) in [5, 5.41) is 13.3. The summed E-state index contributed by atoms with van der Waals surface area (Å²) in [7, 11) is 0. The van der Waals surface area contributed by atoms with Gasteiger partial charge in [-0.25, -0.2) is 0 Å². The van der Waals surface area contributed by atoms with Crippen LogP contribution in [0.5, 0.6) is 5.75 Å². The smallest absolute Gasteiger partial charge is 0.251 e. The van der Waals surface area contributed by atoms with Gasteiger partial charge in [-0.1, -0.05) is 76.4 Å². The van der Waals surface area contributed by atoms with Gasteiger partial charge in [-0.15, -0.1) is 10.2 Å². The lowest BCUT2D eigenvalue weighted by Crippen LogP contribution is -2.24. The molecule has 0 aliphatic rings. The average Bonchev–Trinajstić information content (AvgIpc) is 3.32. The van der Waals surface area contributed by atoms with Gasteiger partial charge in [0.1, 0.15) is 5.75 Å². The van der Waals surface area contributed by atoms with Crippen LogP contribution in [0, 0.1) is 0 Å². The summed E-state index contributed by atoms with van der Waals surface area (Å²) in [5.41, 5.74) is 2.44. The van der Waals surface area contributed by atoms with Gasteiger partial charge in [0.2, 0.25) is 0 Å². The Balaban J connectivity index is 1.50. The first kappa shape index (κ1) is 27.5. The fourth-order valence-electron chi connectivity index (χ4n) is 3.42. The molecule has 6 nitrogen and oxygen atoms in total. The molecule has 1 heterocycles. The van der Waals surface area contributed by atoms with Gasteiger partial charge >= 0.3 is 0 Å². The van der Waals surface area contributed by atoms with Crippen LogP contribution in [-0.2, 0) is 12.3 Å². The number of rotatable bonds is 11. The van der Waals surface area contributed by atoms with E-state index in [9.17, 15) is 4.79 Å². The third kappa shape index (κ3) is 7.51. The average molecular weight is 620 g/mol. The van der Waals surface area contributed by atoms with E-state index in [0.29, 0.717) is 38.9 Å². The highest BCUT2D eigenvalue weighted by Crippen LogP contribution is 2.30. The molecule has 0 atom stereocenters. The number of benzene rings is 3. The zero-order valence-electron chi connectivity index (χ0n) is 20.1. The number of unbranched alkanes of at least 4 members (excludes halogenated alkanes) is 1. The van der Waals surface area contributed by atoms with E-state index < -0.39 is 0 Å². The van der Waals surface area contributed by atoms with Gasteiger partial charge in [-0.3, -0.25) is 9.36 Å². The van der Waals surface area contributed by atoms with Crippen molar-refractivity contribution in [1.29, 1.82) is 0 Å². The Hall–Kier alpha value is -2.52. The molecule has 0 aliphatic heterocycles. The monoisotopic (exact) mass is 618 g/mol. The molecule has 0 fully saturated rings. The van der Waals surface area contributed by atoms with Gasteiger partial charge in [0.15, 0.2) is 11.0 Å². The van der Waals surface area contributed by atoms with Crippen molar-refractivity contribution >= 4 is 56.8 Å². The first-order valence-electron chi connectivity index (χ1n) is 11.7. The van der Waals surface area contributed by atoms with Crippen LogP contribution in [0.25, 0.3) is 5.69 Å². The largest absolute Gasteiger partial charge is 0.494 e. The van der Waals surface area contributed by atoms with Crippen molar-refractivity contribution in [2.24, 2.45) is 0 Å². The molecule has 0 radical (unpaired) electrons. The summed E-state index contributed by atoms with van der Waals surface area (Å²) < 4.78 is 8.59. The van der Waals surface area contributed by atoms with Crippen LogP contribution in [0.2, 0.25) is 10.0 Å². The number of carbonyl (C=O) groups excluding carboxylic acids is 1. The molecule has 4 rings (SSSR count). The topological polar surface area (TPSA) is 69.0 Å². The van der Waals surface area contributed by atoms with Crippen molar-refractivity contribution in [3.63, 3.8) is 0 Å². The first-order valence-corrected chi connectivity index (χ1v) is 14.3. The number of amides is 1. The van der Waals surface area contributed by atoms with Gasteiger partial charge in [-0.2, -0.15) is 0 Å². The molecule has 0 spiro atoms. The summed E-state index contributed by atoms with van der Waals surface area (Å²) >= 11 is 17.5. The second-order valence-electron chi connectivity index (χ2n) is 8.16. The number of carbonyl (C=O) groups is 1. The minimum absolute atomic E-state index is 0.180. The minimum Gasteiger partial charge on any atom is -0.494 e. The van der Waals surface area contributed by atoms with Crippen molar-refractivity contribution in [2.75, 3.05) is 6.61 Å². The van der Waals surface area contributed by atoms with Gasteiger partial charge in [0.05, 0.1) is 28.9 Å². The Morgan fingerprint density at radius 1 is 1.03 bits per heavy atom. The summed E-state index contributed by atoms with van der Waals surface area (Å²) in [4.78, 5) is 12.8. The predicted molar refractivity (Wildman–Crippen MR) is 153 cm³/mol. The third-order valence-electron chi connectivity index (χ3n) is 5.43. The number of halogens is 3. The Kier molecular flexibility index (Phi) is 9.91. The van der Waals surface area contributed by atoms with Crippen LogP contribution in [0.1, 0.15) is 41.5 Å². The van der Waals surface area contributed by atoms with E-state index >= 15 is 0 Å². The van der Waals surface area contributed by atoms with Crippen molar-refractivity contribution in [3.05, 3.63) is 98.2 Å². The number of nitrogens with zero attached hydrogens (tertiary/aromatic N) is 3. The zero-order chi connectivity index (χ0) is 26.2. The van der Waals surface area contributed by atoms with Crippen molar-refractivity contribution in [1.82, 2.24) is 20.1 Å². The molecule has 0 saturated carbocycles. The normalized spacial score (nSPS) is 10.9. The second-order valence-corrected chi connectivity index (χ2v) is 10.8. The second kappa shape index (κ2) is 13.3. The van der Waals surface area contributed by atoms with Crippen LogP contribution >= 0.6 is 50.9 Å². The molecule has 0 saturated heterocycles. The maximum absolute atomic E-state index is 12.8. The highest BCUT2D eigenvalue weighted by Gasteiger charge is 2.17. The molecule has 1 N–H and O–H groups in total. The predicted octanol–water partition coefficient (Wildman–Crippen LogP) is 7.74. The van der Waals surface area contributed by atoms with E-state index in [2.05, 4.69) is 50.5 Å². The van der Waals surface area contributed by atoms with Crippen LogP contribution in [0.4, 0.5) is 0 Å². The lowest BCUT2D eigenvalue weighted by atomic mass is 10.2. The number of aromatic nitrogens is 3. The standard InChI is InChI=1S/C27H25BrCl2N4O2S/c1-2-3-14-36-22-11-6-19(7-12-22)26(35)31-16-25-32-33-27(37-17-18-4-8-20(28)9-5-18)34(25)21-10-13-23(29)24(30)15-21/h4-13,15H,2-3,14,16-17H2,1H3,(H,31,35). The van der Waals surface area contributed by atoms with Crippen molar-refractivity contribution in [3.8, 4) is 11.4 Å². The highest BCUT2D eigenvalue weighted by molar-refractivity contribution is 9.10. The molecule has 0 unspecified atom stereocenters. The van der Waals surface area contributed by atoms with Gasteiger partial charge < -0.3 is 10.1 Å². The highest BCUT2D eigenvalue weighted by atomic mass is 79.9. The first-order chi connectivity index (χ1) is 17.9. The van der Waals surface area contributed by atoms with E-state index in [1.54, 1.807) is 48.2 Å². The molecule has 37 heavy (non-hydrogen) atoms. The molecule has 0 aliphatic carbocycles. The Morgan fingerprint density at radius 3 is 2.49 bits per heavy atom. The summed E-state index contributed by atoms with van der Waals surface area (Å²) in [6.07, 6.45) is 2.06. The Bertz CT molecular complexity index is 1350. The molecular formula is C27H25BrCl2N4O2S. The number of nitrogens with one attached hydrogen (secondary N) is 1. The molecule has 0 bridgehead atoms. The maximum atomic E-state index is 12.8. The molecular weight excluding hydrogens is 595 g/mol. The lowest BCUT2D eigenvalue weighted by molar-refractivity contribution is 0.0949. The Morgan fingerprint density at radius 2 is 1.78 bits per heavy atom. The van der Waals surface area contributed by atoms with Crippen LogP contribution in [-0.4, -0.2) is 27.3 Å². The fraction of sp³-hybridized carbons (Fsp3) is 0.222. The van der Waals surface area contributed by atoms with E-state index in [1.165, 1.54) is 0 Å². The number of ether oxygens (including phenoxy) is 1. The quantitative estimate of drug-likeness (QED) is 0.137. The third-order valence-corrected chi connectivity index (χ3v) is 7.70. The van der Waals surface area contributed by atoms with Crippen LogP contribution < -0.4 is 10.1 Å². The van der Waals surface area contributed by atoms with E-state index in [1.807, 2.05) is 22.8 Å². The maximum Gasteiger partial charge on any atom is 0.251 e. The van der Waals surface area contributed by atoms with E-state index in [-0.39, 0.29) is 12.5 Å². The molecule has 4 aromatic rings. The SMILES string of the molecule is CCCCOc1ccc(C(=O)NCc2nnc(SCc3ccc(Br)cc3)n2-c2ccc(Cl)c(Cl)c2)cc1. The number of hydrogen-bond donors (Lipinski definition) is 1. The van der Waals surface area contributed by atoms with E-state index in [0.717, 1.165) is 34.3 Å². The molecule has 1 amide bonds. The van der Waals surface area contributed by atoms with Gasteiger partial charge in [0.25, 0.3) is 5.91 Å². The van der Waals surface area contributed by atoms with E-state index in [4.69, 9.17) is 27.9 Å². The summed E-state index contributed by atoms with van der Waals surface area (Å²) in [6.45, 7) is 2.96. The molecule has 1 aromatic heterocycles. The van der Waals surface area contributed by atoms with Crippen LogP contribution in [0.15, 0.2) is 76.4 Å². The van der Waals surface area contributed by atoms with Crippen molar-refractivity contribution < 1.29 is 9.53 Å². The van der Waals surface area contributed by atoms with Crippen molar-refractivity contribution in [2.45, 2.75) is 37.2 Å². The molecule has 192 valence electrons. The van der Waals surface area contributed by atoms with Gasteiger partial charge in [0, 0.05) is 15.8 Å². The Labute approximate surface area is 238 Å². The van der Waals surface area contributed by atoms with Gasteiger partial charge in [-0.05, 0) is 66.6 Å². The summed E-state index contributed by atoms with van der Waals surface area (Å²) in [5.74, 6) is 1.81. The lowest BCUT2D eigenvalue weighted by Gasteiger charge is -2.12. The van der Waals surface area contributed by atoms with Crippen LogP contribution in [0.3, 0.4) is 0 Å². The number of thioether (sulfide) groups is 1. The minimum atomic E-state index is -0.215. The molecule has 10 heteroatoms. The fourth-order valence-corrected chi connectivity index (χ4v) is 4.90.